The summed E-state index contributed by atoms with van der Waals surface area (Å²) in [4.78, 5) is 25.1. The number of carbonyl (C=O) groups is 1. The summed E-state index contributed by atoms with van der Waals surface area (Å²) in [6, 6.07) is 6.04. The fraction of sp³-hybridized carbons (Fsp3) is 0.348. The number of anilines is 2. The molecule has 2 aliphatic heterocycles. The van der Waals surface area contributed by atoms with Crippen LogP contribution in [0.1, 0.15) is 29.5 Å². The van der Waals surface area contributed by atoms with Crippen molar-refractivity contribution in [1.82, 2.24) is 24.2 Å². The van der Waals surface area contributed by atoms with Crippen LogP contribution in [0.4, 0.5) is 16.3 Å². The average molecular weight is 434 g/mol. The van der Waals surface area contributed by atoms with Crippen LogP contribution in [0.2, 0.25) is 0 Å². The van der Waals surface area contributed by atoms with Gasteiger partial charge >= 0.3 is 6.03 Å². The summed E-state index contributed by atoms with van der Waals surface area (Å²) in [6.45, 7) is 1.21. The van der Waals surface area contributed by atoms with E-state index in [0.29, 0.717) is 18.9 Å². The molecule has 0 saturated carbocycles. The maximum absolute atomic E-state index is 12.3. The Balaban J connectivity index is 1.52. The molecule has 9 heteroatoms. The van der Waals surface area contributed by atoms with Gasteiger partial charge < -0.3 is 25.6 Å². The number of para-hydroxylation sites is 1. The standard InChI is InChI=1S/C23H27N7O2/c1-28(2)23(31)29-10-7-14(8-11-29)22-27-19(20-21(24)25-9-12-30(20)22)16-13-15-5-4-6-17(32-3)18(15)26-16/h4-7,9,12,16,26H,8,10-11,13H2,1-3H3,(H2,24,25). The minimum absolute atomic E-state index is 0.0178. The lowest BCUT2D eigenvalue weighted by molar-refractivity contribution is 0.176. The van der Waals surface area contributed by atoms with Gasteiger partial charge in [-0.25, -0.2) is 14.8 Å². The van der Waals surface area contributed by atoms with E-state index in [2.05, 4.69) is 22.4 Å². The number of rotatable bonds is 3. The number of ether oxygens (including phenoxy) is 1. The Hall–Kier alpha value is -3.75. The van der Waals surface area contributed by atoms with Gasteiger partial charge in [-0.2, -0.15) is 0 Å². The molecule has 3 aromatic rings. The number of benzene rings is 1. The van der Waals surface area contributed by atoms with Crippen molar-refractivity contribution in [3.8, 4) is 5.75 Å². The number of methoxy groups -OCH3 is 1. The van der Waals surface area contributed by atoms with E-state index in [4.69, 9.17) is 15.5 Å². The third-order valence-electron chi connectivity index (χ3n) is 6.16. The molecule has 0 radical (unpaired) electrons. The highest BCUT2D eigenvalue weighted by atomic mass is 16.5. The van der Waals surface area contributed by atoms with Crippen molar-refractivity contribution >= 4 is 28.6 Å². The number of nitrogens with zero attached hydrogens (tertiary/aromatic N) is 5. The van der Waals surface area contributed by atoms with Gasteiger partial charge in [-0.1, -0.05) is 18.2 Å². The summed E-state index contributed by atoms with van der Waals surface area (Å²) >= 11 is 0. The molecule has 3 N–H and O–H groups in total. The van der Waals surface area contributed by atoms with Gasteiger partial charge in [0.1, 0.15) is 22.9 Å². The summed E-state index contributed by atoms with van der Waals surface area (Å²) in [7, 11) is 5.22. The van der Waals surface area contributed by atoms with Crippen LogP contribution in [0.5, 0.6) is 5.75 Å². The zero-order valence-corrected chi connectivity index (χ0v) is 18.5. The number of urea groups is 1. The van der Waals surface area contributed by atoms with Gasteiger partial charge in [0, 0.05) is 46.0 Å². The quantitative estimate of drug-likeness (QED) is 0.659. The Bertz CT molecular complexity index is 1230. The molecule has 1 unspecified atom stereocenters. The van der Waals surface area contributed by atoms with Gasteiger partial charge in [-0.3, -0.25) is 4.40 Å². The van der Waals surface area contributed by atoms with Crippen LogP contribution in [0.15, 0.2) is 36.7 Å². The number of carbonyl (C=O) groups excluding carboxylic acids is 1. The lowest BCUT2D eigenvalue weighted by atomic mass is 10.1. The van der Waals surface area contributed by atoms with Gasteiger partial charge in [0.15, 0.2) is 0 Å². The Kier molecular flexibility index (Phi) is 4.88. The Morgan fingerprint density at radius 2 is 2.19 bits per heavy atom. The minimum atomic E-state index is -0.0347. The molecule has 166 valence electrons. The van der Waals surface area contributed by atoms with E-state index in [0.717, 1.165) is 46.9 Å². The SMILES string of the molecule is COc1cccc2c1NC(c1nc(C3=CCN(C(=O)N(C)C)CC3)n3ccnc(N)c13)C2. The molecule has 2 aliphatic rings. The number of nitrogen functional groups attached to an aromatic ring is 1. The highest BCUT2D eigenvalue weighted by molar-refractivity contribution is 5.79. The summed E-state index contributed by atoms with van der Waals surface area (Å²) in [5, 5.41) is 3.58. The van der Waals surface area contributed by atoms with Gasteiger partial charge in [-0.05, 0) is 23.6 Å². The Morgan fingerprint density at radius 3 is 2.91 bits per heavy atom. The van der Waals surface area contributed by atoms with Gasteiger partial charge in [-0.15, -0.1) is 0 Å². The number of amides is 2. The monoisotopic (exact) mass is 433 g/mol. The maximum Gasteiger partial charge on any atom is 0.319 e. The smallest absolute Gasteiger partial charge is 0.319 e. The molecule has 9 nitrogen and oxygen atoms in total. The topological polar surface area (TPSA) is 101 Å². The van der Waals surface area contributed by atoms with Crippen LogP contribution >= 0.6 is 0 Å². The zero-order valence-electron chi connectivity index (χ0n) is 18.5. The molecule has 0 bridgehead atoms. The molecule has 2 amide bonds. The molecule has 0 fully saturated rings. The van der Waals surface area contributed by atoms with Crippen LogP contribution < -0.4 is 15.8 Å². The highest BCUT2D eigenvalue weighted by Gasteiger charge is 2.31. The van der Waals surface area contributed by atoms with Crippen molar-refractivity contribution in [2.75, 3.05) is 45.3 Å². The summed E-state index contributed by atoms with van der Waals surface area (Å²) < 4.78 is 7.55. The minimum Gasteiger partial charge on any atom is -0.495 e. The number of imidazole rings is 1. The van der Waals surface area contributed by atoms with E-state index in [-0.39, 0.29) is 12.1 Å². The first kappa shape index (κ1) is 20.2. The third-order valence-corrected chi connectivity index (χ3v) is 6.16. The fourth-order valence-corrected chi connectivity index (χ4v) is 4.58. The summed E-state index contributed by atoms with van der Waals surface area (Å²) in [5.41, 5.74) is 11.3. The first-order valence-corrected chi connectivity index (χ1v) is 10.7. The molecule has 32 heavy (non-hydrogen) atoms. The first-order chi connectivity index (χ1) is 15.5. The van der Waals surface area contributed by atoms with Crippen LogP contribution in [-0.2, 0) is 6.42 Å². The van der Waals surface area contributed by atoms with Gasteiger partial charge in [0.2, 0.25) is 0 Å². The Labute approximate surface area is 186 Å². The number of nitrogens with one attached hydrogen (secondary N) is 1. The lowest BCUT2D eigenvalue weighted by Crippen LogP contribution is -2.41. The fourth-order valence-electron chi connectivity index (χ4n) is 4.58. The molecule has 0 spiro atoms. The normalized spacial score (nSPS) is 17.7. The molecule has 5 rings (SSSR count). The van der Waals surface area contributed by atoms with Crippen LogP contribution in [-0.4, -0.2) is 64.5 Å². The van der Waals surface area contributed by atoms with E-state index >= 15 is 0 Å². The molecule has 0 aliphatic carbocycles. The first-order valence-electron chi connectivity index (χ1n) is 10.7. The van der Waals surface area contributed by atoms with E-state index in [9.17, 15) is 4.79 Å². The van der Waals surface area contributed by atoms with Crippen molar-refractivity contribution in [1.29, 1.82) is 0 Å². The molecule has 1 aromatic carbocycles. The second-order valence-electron chi connectivity index (χ2n) is 8.35. The Morgan fingerprint density at radius 1 is 1.34 bits per heavy atom. The zero-order chi connectivity index (χ0) is 22.4. The maximum atomic E-state index is 12.3. The number of hydrogen-bond donors (Lipinski definition) is 2. The summed E-state index contributed by atoms with van der Waals surface area (Å²) in [5.74, 6) is 2.12. The summed E-state index contributed by atoms with van der Waals surface area (Å²) in [6.07, 6.45) is 7.20. The molecule has 4 heterocycles. The van der Waals surface area contributed by atoms with Gasteiger partial charge in [0.05, 0.1) is 24.5 Å². The second kappa shape index (κ2) is 7.74. The molecule has 0 saturated heterocycles. The van der Waals surface area contributed by atoms with Crippen molar-refractivity contribution in [3.05, 3.63) is 53.8 Å². The average Bonchev–Trinajstić information content (AvgIpc) is 3.41. The number of hydrogen-bond acceptors (Lipinski definition) is 6. The van der Waals surface area contributed by atoms with E-state index < -0.39 is 0 Å². The predicted octanol–water partition coefficient (Wildman–Crippen LogP) is 2.80. The largest absolute Gasteiger partial charge is 0.495 e. The number of nitrogens with two attached hydrogens (primary N) is 1. The van der Waals surface area contributed by atoms with Gasteiger partial charge in [0.25, 0.3) is 0 Å². The van der Waals surface area contributed by atoms with Crippen LogP contribution in [0, 0.1) is 0 Å². The lowest BCUT2D eigenvalue weighted by Gasteiger charge is -2.28. The van der Waals surface area contributed by atoms with Crippen molar-refractivity contribution in [2.45, 2.75) is 18.9 Å². The molecular formula is C23H27N7O2. The molecule has 2 aromatic heterocycles. The highest BCUT2D eigenvalue weighted by Crippen LogP contribution is 2.42. The number of aromatic nitrogens is 3. The third kappa shape index (κ3) is 3.21. The predicted molar refractivity (Wildman–Crippen MR) is 124 cm³/mol. The number of fused-ring (bicyclic) bond motifs is 2. The van der Waals surface area contributed by atoms with E-state index in [1.54, 1.807) is 32.3 Å². The van der Waals surface area contributed by atoms with Crippen LogP contribution in [0.25, 0.3) is 11.1 Å². The van der Waals surface area contributed by atoms with E-state index in [1.165, 1.54) is 5.56 Å². The van der Waals surface area contributed by atoms with Crippen molar-refractivity contribution in [2.24, 2.45) is 0 Å². The second-order valence-corrected chi connectivity index (χ2v) is 8.35. The molecule has 1 atom stereocenters. The van der Waals surface area contributed by atoms with Crippen molar-refractivity contribution < 1.29 is 9.53 Å². The molecular weight excluding hydrogens is 406 g/mol. The van der Waals surface area contributed by atoms with Crippen LogP contribution in [0.3, 0.4) is 0 Å². The van der Waals surface area contributed by atoms with E-state index in [1.807, 2.05) is 27.6 Å². The van der Waals surface area contributed by atoms with Crippen molar-refractivity contribution in [3.63, 3.8) is 0 Å².